The summed E-state index contributed by atoms with van der Waals surface area (Å²) in [6.07, 6.45) is 6.36. The van der Waals surface area contributed by atoms with Crippen molar-refractivity contribution in [3.05, 3.63) is 96.1 Å². The Bertz CT molecular complexity index is 1340. The second-order valence-electron chi connectivity index (χ2n) is 8.55. The number of methoxy groups -OCH3 is 1. The number of rotatable bonds is 10. The second kappa shape index (κ2) is 12.1. The van der Waals surface area contributed by atoms with Crippen LogP contribution in [0.15, 0.2) is 84.9 Å². The maximum absolute atomic E-state index is 11.6. The van der Waals surface area contributed by atoms with Gasteiger partial charge in [-0.15, -0.1) is 0 Å². The average Bonchev–Trinajstić information content (AvgIpc) is 2.91. The molecule has 4 heteroatoms. The Balaban J connectivity index is 1.77. The van der Waals surface area contributed by atoms with E-state index in [0.717, 1.165) is 64.0 Å². The first kappa shape index (κ1) is 25.1. The molecule has 36 heavy (non-hydrogen) atoms. The van der Waals surface area contributed by atoms with Crippen LogP contribution in [-0.4, -0.2) is 19.7 Å². The summed E-state index contributed by atoms with van der Waals surface area (Å²) in [6, 6.07) is 26.5. The summed E-state index contributed by atoms with van der Waals surface area (Å²) in [7, 11) is 1.68. The van der Waals surface area contributed by atoms with E-state index in [4.69, 9.17) is 14.2 Å². The van der Waals surface area contributed by atoms with Crippen molar-refractivity contribution < 1.29 is 19.0 Å². The maximum Gasteiger partial charge on any atom is 0.330 e. The van der Waals surface area contributed by atoms with Crippen LogP contribution in [0.3, 0.4) is 0 Å². The highest BCUT2D eigenvalue weighted by atomic mass is 16.5. The molecule has 0 aromatic heterocycles. The van der Waals surface area contributed by atoms with Crippen LogP contribution in [0.1, 0.15) is 37.8 Å². The quantitative estimate of drug-likeness (QED) is 0.169. The molecule has 4 rings (SSSR count). The number of aryl methyl sites for hydroxylation is 1. The molecule has 0 aliphatic heterocycles. The molecular formula is C32H32O4. The van der Waals surface area contributed by atoms with Crippen LogP contribution < -0.4 is 9.47 Å². The highest BCUT2D eigenvalue weighted by molar-refractivity contribution is 5.97. The van der Waals surface area contributed by atoms with Crippen molar-refractivity contribution in [1.82, 2.24) is 0 Å². The van der Waals surface area contributed by atoms with E-state index in [1.54, 1.807) is 20.1 Å². The molecule has 4 nitrogen and oxygen atoms in total. The van der Waals surface area contributed by atoms with Gasteiger partial charge in [-0.05, 0) is 72.2 Å². The Kier molecular flexibility index (Phi) is 8.40. The minimum atomic E-state index is -0.350. The van der Waals surface area contributed by atoms with Crippen LogP contribution >= 0.6 is 0 Å². The van der Waals surface area contributed by atoms with Gasteiger partial charge in [-0.2, -0.15) is 0 Å². The Labute approximate surface area is 213 Å². The van der Waals surface area contributed by atoms with Gasteiger partial charge in [-0.1, -0.05) is 67.9 Å². The fourth-order valence-corrected chi connectivity index (χ4v) is 4.23. The molecule has 0 unspecified atom stereocenters. The highest BCUT2D eigenvalue weighted by Gasteiger charge is 2.17. The molecule has 0 aliphatic carbocycles. The molecule has 0 fully saturated rings. The maximum atomic E-state index is 11.6. The van der Waals surface area contributed by atoms with E-state index in [0.29, 0.717) is 6.61 Å². The Morgan fingerprint density at radius 3 is 2.31 bits per heavy atom. The van der Waals surface area contributed by atoms with Crippen molar-refractivity contribution in [3.8, 4) is 28.4 Å². The fraction of sp³-hybridized carbons (Fsp3) is 0.219. The van der Waals surface area contributed by atoms with Crippen LogP contribution in [0, 0.1) is 0 Å². The lowest BCUT2D eigenvalue weighted by atomic mass is 9.91. The van der Waals surface area contributed by atoms with Crippen molar-refractivity contribution in [2.45, 2.75) is 33.1 Å². The van der Waals surface area contributed by atoms with Gasteiger partial charge in [0.1, 0.15) is 17.2 Å². The molecule has 0 saturated heterocycles. The number of ether oxygens (including phenoxy) is 3. The van der Waals surface area contributed by atoms with Crippen LogP contribution in [0.2, 0.25) is 0 Å². The average molecular weight is 481 g/mol. The number of unbranched alkanes of at least 4 members (excludes halogenated alkanes) is 1. The van der Waals surface area contributed by atoms with E-state index < -0.39 is 0 Å². The number of hydrogen-bond acceptors (Lipinski definition) is 4. The molecule has 0 saturated carbocycles. The molecule has 0 atom stereocenters. The van der Waals surface area contributed by atoms with Crippen molar-refractivity contribution in [3.63, 3.8) is 0 Å². The smallest absolute Gasteiger partial charge is 0.330 e. The first-order valence-electron chi connectivity index (χ1n) is 12.4. The number of hydrogen-bond donors (Lipinski definition) is 0. The third-order valence-corrected chi connectivity index (χ3v) is 6.06. The van der Waals surface area contributed by atoms with E-state index >= 15 is 0 Å². The second-order valence-corrected chi connectivity index (χ2v) is 8.55. The van der Waals surface area contributed by atoms with Gasteiger partial charge in [0, 0.05) is 17.0 Å². The first-order chi connectivity index (χ1) is 17.6. The molecule has 0 radical (unpaired) electrons. The van der Waals surface area contributed by atoms with E-state index in [1.165, 1.54) is 11.6 Å². The standard InChI is InChI=1S/C32H32O4/c1-4-6-9-26-22-25-10-7-8-11-29(25)32(31(26)24-15-19-27(34-3)20-16-24)36-28-17-12-23(13-18-28)14-21-30(33)35-5-2/h7-8,10-22H,4-6,9H2,1-3H3/b21-14+. The molecule has 0 amide bonds. The third kappa shape index (κ3) is 5.95. The number of fused-ring (bicyclic) bond motifs is 1. The predicted octanol–water partition coefficient (Wildman–Crippen LogP) is 8.23. The molecular weight excluding hydrogens is 448 g/mol. The summed E-state index contributed by atoms with van der Waals surface area (Å²) in [6.45, 7) is 4.36. The lowest BCUT2D eigenvalue weighted by Crippen LogP contribution is -1.98. The minimum Gasteiger partial charge on any atom is -0.497 e. The molecule has 0 aliphatic rings. The lowest BCUT2D eigenvalue weighted by Gasteiger charge is -2.19. The number of esters is 1. The summed E-state index contributed by atoms with van der Waals surface area (Å²) >= 11 is 0. The normalized spacial score (nSPS) is 11.1. The number of carbonyl (C=O) groups excluding carboxylic acids is 1. The zero-order valence-corrected chi connectivity index (χ0v) is 21.1. The third-order valence-electron chi connectivity index (χ3n) is 6.06. The van der Waals surface area contributed by atoms with Crippen LogP contribution in [0.5, 0.6) is 17.2 Å². The molecule has 0 bridgehead atoms. The van der Waals surface area contributed by atoms with Gasteiger partial charge in [0.05, 0.1) is 13.7 Å². The van der Waals surface area contributed by atoms with Gasteiger partial charge < -0.3 is 14.2 Å². The predicted molar refractivity (Wildman–Crippen MR) is 147 cm³/mol. The fourth-order valence-electron chi connectivity index (χ4n) is 4.23. The number of carbonyl (C=O) groups is 1. The van der Waals surface area contributed by atoms with Crippen LogP contribution in [0.4, 0.5) is 0 Å². The Morgan fingerprint density at radius 2 is 1.61 bits per heavy atom. The first-order valence-corrected chi connectivity index (χ1v) is 12.4. The van der Waals surface area contributed by atoms with Gasteiger partial charge in [0.2, 0.25) is 0 Å². The lowest BCUT2D eigenvalue weighted by molar-refractivity contribution is -0.137. The van der Waals surface area contributed by atoms with E-state index in [9.17, 15) is 4.79 Å². The summed E-state index contributed by atoms with van der Waals surface area (Å²) in [5, 5.41) is 2.22. The van der Waals surface area contributed by atoms with Crippen molar-refractivity contribution in [1.29, 1.82) is 0 Å². The van der Waals surface area contributed by atoms with Gasteiger partial charge in [-0.25, -0.2) is 4.79 Å². The zero-order valence-electron chi connectivity index (χ0n) is 21.1. The number of benzene rings is 4. The highest BCUT2D eigenvalue weighted by Crippen LogP contribution is 2.43. The summed E-state index contributed by atoms with van der Waals surface area (Å²) in [5.74, 6) is 2.05. The largest absolute Gasteiger partial charge is 0.497 e. The summed E-state index contributed by atoms with van der Waals surface area (Å²) in [5.41, 5.74) is 4.37. The van der Waals surface area contributed by atoms with Crippen molar-refractivity contribution >= 4 is 22.8 Å². The van der Waals surface area contributed by atoms with Gasteiger partial charge >= 0.3 is 5.97 Å². The Morgan fingerprint density at radius 1 is 0.889 bits per heavy atom. The van der Waals surface area contributed by atoms with Gasteiger partial charge in [-0.3, -0.25) is 0 Å². The topological polar surface area (TPSA) is 44.8 Å². The molecule has 0 spiro atoms. The van der Waals surface area contributed by atoms with E-state index in [-0.39, 0.29) is 5.97 Å². The van der Waals surface area contributed by atoms with E-state index in [2.05, 4.69) is 43.3 Å². The van der Waals surface area contributed by atoms with Crippen LogP contribution in [0.25, 0.3) is 28.0 Å². The van der Waals surface area contributed by atoms with Crippen molar-refractivity contribution in [2.24, 2.45) is 0 Å². The Hall–Kier alpha value is -4.05. The molecule has 4 aromatic rings. The van der Waals surface area contributed by atoms with Crippen LogP contribution in [-0.2, 0) is 16.0 Å². The monoisotopic (exact) mass is 480 g/mol. The molecule has 0 N–H and O–H groups in total. The van der Waals surface area contributed by atoms with Gasteiger partial charge in [0.15, 0.2) is 0 Å². The van der Waals surface area contributed by atoms with E-state index in [1.807, 2.05) is 42.5 Å². The summed E-state index contributed by atoms with van der Waals surface area (Å²) < 4.78 is 17.0. The summed E-state index contributed by atoms with van der Waals surface area (Å²) in [4.78, 5) is 11.6. The molecule has 184 valence electrons. The molecule has 4 aromatic carbocycles. The minimum absolute atomic E-state index is 0.350. The molecule has 0 heterocycles. The SMILES string of the molecule is CCCCc1cc2ccccc2c(Oc2ccc(/C=C/C(=O)OCC)cc2)c1-c1ccc(OC)cc1. The van der Waals surface area contributed by atoms with Crippen molar-refractivity contribution in [2.75, 3.05) is 13.7 Å². The van der Waals surface area contributed by atoms with Gasteiger partial charge in [0.25, 0.3) is 0 Å². The zero-order chi connectivity index (χ0) is 25.3.